The van der Waals surface area contributed by atoms with E-state index in [0.717, 1.165) is 18.1 Å². The van der Waals surface area contributed by atoms with Crippen molar-refractivity contribution in [3.63, 3.8) is 0 Å². The van der Waals surface area contributed by atoms with Gasteiger partial charge in [0.25, 0.3) is 5.91 Å². The average molecular weight is 399 g/mol. The molecule has 1 aromatic heterocycles. The van der Waals surface area contributed by atoms with Crippen LogP contribution in [0.3, 0.4) is 0 Å². The zero-order chi connectivity index (χ0) is 16.3. The maximum absolute atomic E-state index is 12.2. The van der Waals surface area contributed by atoms with E-state index in [0.29, 0.717) is 18.8 Å². The van der Waals surface area contributed by atoms with Crippen LogP contribution in [0.1, 0.15) is 43.2 Å². The molecule has 1 saturated heterocycles. The van der Waals surface area contributed by atoms with Crippen molar-refractivity contribution in [3.05, 3.63) is 16.1 Å². The van der Waals surface area contributed by atoms with Gasteiger partial charge < -0.3 is 15.8 Å². The monoisotopic (exact) mass is 398 g/mol. The summed E-state index contributed by atoms with van der Waals surface area (Å²) in [5.41, 5.74) is 5.85. The number of carbonyl (C=O) groups is 1. The topological polar surface area (TPSA) is 80.5 Å². The number of morpholine rings is 1. The number of aromatic nitrogens is 1. The lowest BCUT2D eigenvalue weighted by molar-refractivity contribution is -0.0948. The molecule has 9 heteroatoms. The molecule has 1 aliphatic heterocycles. The number of rotatable bonds is 5. The van der Waals surface area contributed by atoms with Gasteiger partial charge in [0.2, 0.25) is 0 Å². The molecule has 1 amide bonds. The number of hydrogen-bond acceptors (Lipinski definition) is 6. The third-order valence-corrected chi connectivity index (χ3v) is 4.79. The van der Waals surface area contributed by atoms with Crippen molar-refractivity contribution in [2.24, 2.45) is 5.73 Å². The second-order valence-electron chi connectivity index (χ2n) is 6.49. The van der Waals surface area contributed by atoms with Crippen LogP contribution in [-0.2, 0) is 11.3 Å². The second-order valence-corrected chi connectivity index (χ2v) is 7.43. The predicted molar refractivity (Wildman–Crippen MR) is 102 cm³/mol. The molecule has 140 valence electrons. The molecule has 0 bridgehead atoms. The highest BCUT2D eigenvalue weighted by Crippen LogP contribution is 2.20. The Morgan fingerprint density at radius 2 is 2.00 bits per heavy atom. The minimum atomic E-state index is -0.140. The molecule has 0 aliphatic carbocycles. The van der Waals surface area contributed by atoms with E-state index >= 15 is 0 Å². The van der Waals surface area contributed by atoms with Gasteiger partial charge in [0.05, 0.1) is 12.2 Å². The lowest BCUT2D eigenvalue weighted by atomic mass is 10.00. The normalized spacial score (nSPS) is 21.5. The van der Waals surface area contributed by atoms with Crippen molar-refractivity contribution in [2.45, 2.75) is 52.0 Å². The van der Waals surface area contributed by atoms with Gasteiger partial charge in [0.1, 0.15) is 10.7 Å². The SMILES string of the molecule is CC1CN(C(C)(C)CNC(=O)c2csc(CN)n2)CC(C)O1.Cl.Cl. The lowest BCUT2D eigenvalue weighted by Crippen LogP contribution is -2.58. The molecule has 1 aromatic rings. The number of nitrogens with one attached hydrogen (secondary N) is 1. The fraction of sp³-hybridized carbons (Fsp3) is 0.733. The van der Waals surface area contributed by atoms with E-state index in [1.165, 1.54) is 11.3 Å². The summed E-state index contributed by atoms with van der Waals surface area (Å²) in [5, 5.41) is 5.52. The van der Waals surface area contributed by atoms with Crippen LogP contribution in [-0.4, -0.2) is 53.2 Å². The number of nitrogens with two attached hydrogens (primary N) is 1. The van der Waals surface area contributed by atoms with Crippen molar-refractivity contribution in [1.29, 1.82) is 0 Å². The minimum Gasteiger partial charge on any atom is -0.373 e. The first-order chi connectivity index (χ1) is 10.3. The van der Waals surface area contributed by atoms with Crippen molar-refractivity contribution in [2.75, 3.05) is 19.6 Å². The predicted octanol–water partition coefficient (Wildman–Crippen LogP) is 2.06. The number of ether oxygens (including phenoxy) is 1. The van der Waals surface area contributed by atoms with Crippen molar-refractivity contribution < 1.29 is 9.53 Å². The Kier molecular flexibility index (Phi) is 9.71. The van der Waals surface area contributed by atoms with Gasteiger partial charge in [0.15, 0.2) is 0 Å². The van der Waals surface area contributed by atoms with E-state index in [-0.39, 0.29) is 48.5 Å². The molecule has 6 nitrogen and oxygen atoms in total. The summed E-state index contributed by atoms with van der Waals surface area (Å²) in [7, 11) is 0. The number of halogens is 2. The van der Waals surface area contributed by atoms with E-state index in [1.807, 2.05) is 0 Å². The largest absolute Gasteiger partial charge is 0.373 e. The van der Waals surface area contributed by atoms with Gasteiger partial charge in [-0.1, -0.05) is 0 Å². The lowest BCUT2D eigenvalue weighted by Gasteiger charge is -2.45. The summed E-state index contributed by atoms with van der Waals surface area (Å²) in [4.78, 5) is 18.8. The van der Waals surface area contributed by atoms with Gasteiger partial charge in [-0.15, -0.1) is 36.2 Å². The zero-order valence-corrected chi connectivity index (χ0v) is 17.0. The molecule has 1 aliphatic rings. The van der Waals surface area contributed by atoms with Crippen LogP contribution in [0.25, 0.3) is 0 Å². The number of carbonyl (C=O) groups excluding carboxylic acids is 1. The van der Waals surface area contributed by atoms with Crippen LogP contribution in [0.4, 0.5) is 0 Å². The Bertz CT molecular complexity index is 517. The zero-order valence-electron chi connectivity index (χ0n) is 14.6. The first-order valence-electron chi connectivity index (χ1n) is 7.65. The van der Waals surface area contributed by atoms with Crippen molar-refractivity contribution >= 4 is 42.1 Å². The Balaban J connectivity index is 0.00000264. The number of nitrogens with zero attached hydrogens (tertiary/aromatic N) is 2. The molecule has 0 radical (unpaired) electrons. The highest BCUT2D eigenvalue weighted by Gasteiger charge is 2.33. The van der Waals surface area contributed by atoms with Crippen LogP contribution in [0.2, 0.25) is 0 Å². The summed E-state index contributed by atoms with van der Waals surface area (Å²) in [5.74, 6) is -0.140. The third-order valence-electron chi connectivity index (χ3n) is 3.92. The molecule has 0 aromatic carbocycles. The molecule has 0 spiro atoms. The molecule has 2 unspecified atom stereocenters. The molecule has 2 rings (SSSR count). The van der Waals surface area contributed by atoms with Gasteiger partial charge in [-0.05, 0) is 27.7 Å². The van der Waals surface area contributed by atoms with Crippen LogP contribution in [0, 0.1) is 0 Å². The van der Waals surface area contributed by atoms with Crippen LogP contribution in [0.5, 0.6) is 0 Å². The van der Waals surface area contributed by atoms with Crippen LogP contribution < -0.4 is 11.1 Å². The van der Waals surface area contributed by atoms with Gasteiger partial charge in [0, 0.05) is 37.1 Å². The van der Waals surface area contributed by atoms with Gasteiger partial charge in [-0.25, -0.2) is 4.98 Å². The van der Waals surface area contributed by atoms with Gasteiger partial charge in [-0.2, -0.15) is 0 Å². The number of thiazole rings is 1. The highest BCUT2D eigenvalue weighted by atomic mass is 35.5. The van der Waals surface area contributed by atoms with E-state index in [1.54, 1.807) is 5.38 Å². The van der Waals surface area contributed by atoms with Crippen molar-refractivity contribution in [3.8, 4) is 0 Å². The van der Waals surface area contributed by atoms with Gasteiger partial charge in [-0.3, -0.25) is 9.69 Å². The van der Waals surface area contributed by atoms with Crippen LogP contribution >= 0.6 is 36.2 Å². The Morgan fingerprint density at radius 3 is 2.50 bits per heavy atom. The fourth-order valence-corrected chi connectivity index (χ4v) is 3.33. The minimum absolute atomic E-state index is 0. The summed E-state index contributed by atoms with van der Waals surface area (Å²) in [6.07, 6.45) is 0.425. The quantitative estimate of drug-likeness (QED) is 0.792. The standard InChI is InChI=1S/C15H26N4O2S.2ClH/c1-10-6-19(7-11(2)21-10)15(3,4)9-17-14(20)12-8-22-13(5-16)18-12;;/h8,10-11H,5-7,9,16H2,1-4H3,(H,17,20);2*1H. The third kappa shape index (κ3) is 6.13. The van der Waals surface area contributed by atoms with Gasteiger partial charge >= 0.3 is 0 Å². The van der Waals surface area contributed by atoms with Crippen molar-refractivity contribution in [1.82, 2.24) is 15.2 Å². The maximum Gasteiger partial charge on any atom is 0.270 e. The molecule has 3 N–H and O–H groups in total. The molecular weight excluding hydrogens is 371 g/mol. The summed E-state index contributed by atoms with van der Waals surface area (Å²) < 4.78 is 5.77. The van der Waals surface area contributed by atoms with E-state index in [4.69, 9.17) is 10.5 Å². The molecule has 1 fully saturated rings. The summed E-state index contributed by atoms with van der Waals surface area (Å²) in [6.45, 7) is 11.1. The summed E-state index contributed by atoms with van der Waals surface area (Å²) >= 11 is 1.42. The molecule has 0 saturated carbocycles. The molecule has 2 heterocycles. The first-order valence-corrected chi connectivity index (χ1v) is 8.53. The van der Waals surface area contributed by atoms with E-state index in [2.05, 4.69) is 42.9 Å². The molecule has 24 heavy (non-hydrogen) atoms. The number of hydrogen-bond donors (Lipinski definition) is 2. The maximum atomic E-state index is 12.2. The first kappa shape index (κ1) is 23.6. The molecule has 2 atom stereocenters. The molecular formula is C15H28Cl2N4O2S. The Morgan fingerprint density at radius 1 is 1.42 bits per heavy atom. The Hall–Kier alpha value is -0.440. The summed E-state index contributed by atoms with van der Waals surface area (Å²) in [6, 6.07) is 0. The smallest absolute Gasteiger partial charge is 0.270 e. The van der Waals surface area contributed by atoms with E-state index < -0.39 is 0 Å². The van der Waals surface area contributed by atoms with E-state index in [9.17, 15) is 4.79 Å². The Labute approximate surface area is 160 Å². The average Bonchev–Trinajstić information content (AvgIpc) is 2.93. The van der Waals surface area contributed by atoms with Crippen LogP contribution in [0.15, 0.2) is 5.38 Å². The number of amides is 1. The fourth-order valence-electron chi connectivity index (χ4n) is 2.68. The highest BCUT2D eigenvalue weighted by molar-refractivity contribution is 7.09. The second kappa shape index (κ2) is 9.89.